The number of halogens is 1. The van der Waals surface area contributed by atoms with E-state index in [2.05, 4.69) is 25.8 Å². The minimum absolute atomic E-state index is 0.362. The van der Waals surface area contributed by atoms with Gasteiger partial charge in [-0.25, -0.2) is 9.78 Å². The van der Waals surface area contributed by atoms with Crippen molar-refractivity contribution in [1.82, 2.24) is 4.98 Å². The van der Waals surface area contributed by atoms with Crippen molar-refractivity contribution < 1.29 is 9.15 Å². The number of fused-ring (bicyclic) bond motifs is 1. The molecule has 1 aliphatic rings. The van der Waals surface area contributed by atoms with Crippen LogP contribution in [0.1, 0.15) is 0 Å². The van der Waals surface area contributed by atoms with E-state index >= 15 is 0 Å². The number of benzene rings is 1. The van der Waals surface area contributed by atoms with Crippen LogP contribution in [0.25, 0.3) is 22.2 Å². The maximum atomic E-state index is 12.3. The van der Waals surface area contributed by atoms with E-state index in [0.717, 1.165) is 28.1 Å². The molecule has 4 rings (SSSR count). The first-order valence-electron chi connectivity index (χ1n) is 7.23. The van der Waals surface area contributed by atoms with Gasteiger partial charge in [0.05, 0.1) is 24.5 Å². The van der Waals surface area contributed by atoms with E-state index in [1.54, 1.807) is 6.07 Å². The van der Waals surface area contributed by atoms with E-state index in [1.165, 1.54) is 11.3 Å². The van der Waals surface area contributed by atoms with Gasteiger partial charge in [0.15, 0.2) is 5.13 Å². The molecule has 118 valence electrons. The van der Waals surface area contributed by atoms with Gasteiger partial charge in [0.1, 0.15) is 5.58 Å². The van der Waals surface area contributed by atoms with Crippen LogP contribution in [0.2, 0.25) is 0 Å². The van der Waals surface area contributed by atoms with E-state index in [-0.39, 0.29) is 5.63 Å². The van der Waals surface area contributed by atoms with Crippen LogP contribution in [0.3, 0.4) is 0 Å². The number of hydrogen-bond donors (Lipinski definition) is 0. The van der Waals surface area contributed by atoms with Crippen molar-refractivity contribution >= 4 is 43.4 Å². The Morgan fingerprint density at radius 3 is 2.87 bits per heavy atom. The second kappa shape index (κ2) is 6.07. The smallest absolute Gasteiger partial charge is 0.345 e. The molecule has 0 N–H and O–H groups in total. The lowest BCUT2D eigenvalue weighted by Crippen LogP contribution is -2.36. The van der Waals surface area contributed by atoms with Crippen molar-refractivity contribution in [2.75, 3.05) is 31.2 Å². The predicted octanol–water partition coefficient (Wildman–Crippen LogP) is 3.52. The summed E-state index contributed by atoms with van der Waals surface area (Å²) < 4.78 is 11.7. The molecule has 5 nitrogen and oxygen atoms in total. The summed E-state index contributed by atoms with van der Waals surface area (Å²) in [7, 11) is 0. The van der Waals surface area contributed by atoms with E-state index in [4.69, 9.17) is 9.15 Å². The van der Waals surface area contributed by atoms with Gasteiger partial charge in [-0.3, -0.25) is 0 Å². The van der Waals surface area contributed by atoms with Gasteiger partial charge >= 0.3 is 5.63 Å². The van der Waals surface area contributed by atoms with Crippen LogP contribution in [-0.2, 0) is 4.74 Å². The molecule has 1 saturated heterocycles. The maximum absolute atomic E-state index is 12.3. The number of hydrogen-bond acceptors (Lipinski definition) is 6. The second-order valence-corrected chi connectivity index (χ2v) is 7.00. The zero-order valence-electron chi connectivity index (χ0n) is 12.1. The largest absolute Gasteiger partial charge is 0.422 e. The van der Waals surface area contributed by atoms with Crippen molar-refractivity contribution in [3.05, 3.63) is 44.5 Å². The molecule has 23 heavy (non-hydrogen) atoms. The molecule has 2 aromatic heterocycles. The molecule has 0 radical (unpaired) electrons. The van der Waals surface area contributed by atoms with E-state index in [1.807, 2.05) is 23.6 Å². The summed E-state index contributed by atoms with van der Waals surface area (Å²) in [5.74, 6) is 0. The van der Waals surface area contributed by atoms with Crippen molar-refractivity contribution in [2.24, 2.45) is 0 Å². The second-order valence-electron chi connectivity index (χ2n) is 5.24. The highest BCUT2D eigenvalue weighted by Gasteiger charge is 2.17. The molecule has 0 bridgehead atoms. The lowest BCUT2D eigenvalue weighted by atomic mass is 10.1. The summed E-state index contributed by atoms with van der Waals surface area (Å²) in [5, 5.41) is 3.69. The molecule has 0 unspecified atom stereocenters. The third kappa shape index (κ3) is 2.91. The Morgan fingerprint density at radius 2 is 2.04 bits per heavy atom. The SMILES string of the molecule is O=c1oc2ccc(Br)cc2cc1-c1csc(N2CCOCC2)n1. The summed E-state index contributed by atoms with van der Waals surface area (Å²) >= 11 is 4.97. The zero-order chi connectivity index (χ0) is 15.8. The molecule has 0 spiro atoms. The van der Waals surface area contributed by atoms with E-state index < -0.39 is 0 Å². The number of thiazole rings is 1. The summed E-state index contributed by atoms with van der Waals surface area (Å²) in [6.45, 7) is 3.07. The number of nitrogens with zero attached hydrogens (tertiary/aromatic N) is 2. The molecule has 1 fully saturated rings. The monoisotopic (exact) mass is 392 g/mol. The van der Waals surface area contributed by atoms with Crippen LogP contribution in [-0.4, -0.2) is 31.3 Å². The molecule has 1 aliphatic heterocycles. The fourth-order valence-electron chi connectivity index (χ4n) is 2.56. The van der Waals surface area contributed by atoms with E-state index in [9.17, 15) is 4.79 Å². The van der Waals surface area contributed by atoms with Crippen molar-refractivity contribution in [1.29, 1.82) is 0 Å². The van der Waals surface area contributed by atoms with Gasteiger partial charge in [-0.15, -0.1) is 11.3 Å². The van der Waals surface area contributed by atoms with Crippen LogP contribution in [0, 0.1) is 0 Å². The first kappa shape index (κ1) is 14.9. The fraction of sp³-hybridized carbons (Fsp3) is 0.250. The van der Waals surface area contributed by atoms with Gasteiger partial charge in [0.2, 0.25) is 0 Å². The number of ether oxygens (including phenoxy) is 1. The Morgan fingerprint density at radius 1 is 1.22 bits per heavy atom. The summed E-state index contributed by atoms with van der Waals surface area (Å²) in [5.41, 5.74) is 1.36. The third-order valence-electron chi connectivity index (χ3n) is 3.74. The minimum Gasteiger partial charge on any atom is -0.422 e. The average molecular weight is 393 g/mol. The lowest BCUT2D eigenvalue weighted by Gasteiger charge is -2.25. The predicted molar refractivity (Wildman–Crippen MR) is 94.3 cm³/mol. The Bertz CT molecular complexity index is 915. The number of morpholine rings is 1. The third-order valence-corrected chi connectivity index (χ3v) is 5.14. The molecule has 0 amide bonds. The molecule has 0 aliphatic carbocycles. The highest BCUT2D eigenvalue weighted by Crippen LogP contribution is 2.28. The van der Waals surface area contributed by atoms with Crippen molar-refractivity contribution in [2.45, 2.75) is 0 Å². The van der Waals surface area contributed by atoms with Crippen LogP contribution >= 0.6 is 27.3 Å². The molecular formula is C16H13BrN2O3S. The Hall–Kier alpha value is -1.70. The summed E-state index contributed by atoms with van der Waals surface area (Å²) in [6, 6.07) is 7.40. The average Bonchev–Trinajstić information content (AvgIpc) is 3.05. The van der Waals surface area contributed by atoms with Gasteiger partial charge in [0.25, 0.3) is 0 Å². The molecule has 0 saturated carbocycles. The molecule has 3 heterocycles. The Labute approximate surface area is 144 Å². The first-order valence-corrected chi connectivity index (χ1v) is 8.90. The van der Waals surface area contributed by atoms with Gasteiger partial charge in [-0.2, -0.15) is 0 Å². The molecular weight excluding hydrogens is 380 g/mol. The topological polar surface area (TPSA) is 55.6 Å². The number of aromatic nitrogens is 1. The highest BCUT2D eigenvalue weighted by atomic mass is 79.9. The Balaban J connectivity index is 1.75. The van der Waals surface area contributed by atoms with Crippen LogP contribution < -0.4 is 10.5 Å². The molecule has 0 atom stereocenters. The fourth-order valence-corrected chi connectivity index (χ4v) is 3.82. The van der Waals surface area contributed by atoms with Gasteiger partial charge in [-0.05, 0) is 24.3 Å². The quantitative estimate of drug-likeness (QED) is 0.624. The molecule has 7 heteroatoms. The van der Waals surface area contributed by atoms with Gasteiger partial charge in [0, 0.05) is 28.3 Å². The normalized spacial score (nSPS) is 15.3. The lowest BCUT2D eigenvalue weighted by molar-refractivity contribution is 0.122. The standard InChI is InChI=1S/C16H13BrN2O3S/c17-11-1-2-14-10(7-11)8-12(15(20)22-14)13-9-23-16(18-13)19-3-5-21-6-4-19/h1-2,7-9H,3-6H2. The zero-order valence-corrected chi connectivity index (χ0v) is 14.5. The van der Waals surface area contributed by atoms with Gasteiger partial charge in [-0.1, -0.05) is 15.9 Å². The van der Waals surface area contributed by atoms with Crippen LogP contribution in [0.4, 0.5) is 5.13 Å². The highest BCUT2D eigenvalue weighted by molar-refractivity contribution is 9.10. The number of rotatable bonds is 2. The van der Waals surface area contributed by atoms with Crippen molar-refractivity contribution in [3.8, 4) is 11.3 Å². The van der Waals surface area contributed by atoms with Crippen molar-refractivity contribution in [3.63, 3.8) is 0 Å². The van der Waals surface area contributed by atoms with Crippen LogP contribution in [0.5, 0.6) is 0 Å². The summed E-state index contributed by atoms with van der Waals surface area (Å²) in [4.78, 5) is 19.0. The summed E-state index contributed by atoms with van der Waals surface area (Å²) in [6.07, 6.45) is 0. The molecule has 1 aromatic carbocycles. The minimum atomic E-state index is -0.362. The first-order chi connectivity index (χ1) is 11.2. The Kier molecular flexibility index (Phi) is 3.92. The van der Waals surface area contributed by atoms with Gasteiger partial charge < -0.3 is 14.1 Å². The van der Waals surface area contributed by atoms with E-state index in [0.29, 0.717) is 30.1 Å². The maximum Gasteiger partial charge on any atom is 0.345 e. The van der Waals surface area contributed by atoms with Crippen LogP contribution in [0.15, 0.2) is 43.3 Å². The number of anilines is 1. The molecule has 3 aromatic rings.